The number of hydrogen-bond donors (Lipinski definition) is 3. The minimum absolute atomic E-state index is 0.218. The first-order valence-corrected chi connectivity index (χ1v) is 10.5. The lowest BCUT2D eigenvalue weighted by Gasteiger charge is -2.16. The summed E-state index contributed by atoms with van der Waals surface area (Å²) in [5.41, 5.74) is 3.01. The molecule has 3 N–H and O–H groups in total. The Morgan fingerprint density at radius 2 is 1.81 bits per heavy atom. The molecule has 1 aliphatic heterocycles. The highest BCUT2D eigenvalue weighted by Gasteiger charge is 2.28. The molecule has 1 fully saturated rings. The van der Waals surface area contributed by atoms with Crippen LogP contribution in [0.15, 0.2) is 35.9 Å². The predicted molar refractivity (Wildman–Crippen MR) is 125 cm³/mol. The van der Waals surface area contributed by atoms with Crippen LogP contribution in [-0.4, -0.2) is 37.5 Å². The van der Waals surface area contributed by atoms with E-state index in [1.54, 1.807) is 12.1 Å². The molecule has 3 rings (SSSR count). The lowest BCUT2D eigenvalue weighted by molar-refractivity contribution is -0.124. The van der Waals surface area contributed by atoms with Gasteiger partial charge in [-0.3, -0.25) is 25.0 Å². The monoisotopic (exact) mass is 549 g/mol. The van der Waals surface area contributed by atoms with Crippen LogP contribution < -0.4 is 25.4 Å². The Kier molecular flexibility index (Phi) is 7.13. The summed E-state index contributed by atoms with van der Waals surface area (Å²) in [6.07, 6.45) is 1.33. The van der Waals surface area contributed by atoms with E-state index >= 15 is 0 Å². The summed E-state index contributed by atoms with van der Waals surface area (Å²) < 4.78 is 11.7. The fraction of sp³-hybridized carbons (Fsp3) is 0.182. The molecule has 1 saturated heterocycles. The molecule has 0 atom stereocenters. The Morgan fingerprint density at radius 1 is 1.12 bits per heavy atom. The number of carbonyl (C=O) groups is 4. The molecule has 10 heteroatoms. The fourth-order valence-electron chi connectivity index (χ4n) is 2.95. The Hall–Kier alpha value is -3.41. The van der Waals surface area contributed by atoms with Gasteiger partial charge in [0.15, 0.2) is 18.1 Å². The van der Waals surface area contributed by atoms with Gasteiger partial charge in [-0.2, -0.15) is 0 Å². The van der Waals surface area contributed by atoms with Crippen LogP contribution in [0.4, 0.5) is 10.5 Å². The van der Waals surface area contributed by atoms with Crippen LogP contribution in [0.5, 0.6) is 11.5 Å². The highest BCUT2D eigenvalue weighted by Crippen LogP contribution is 2.34. The van der Waals surface area contributed by atoms with Gasteiger partial charge in [-0.05, 0) is 77.4 Å². The summed E-state index contributed by atoms with van der Waals surface area (Å²) in [6.45, 7) is 3.64. The van der Waals surface area contributed by atoms with E-state index in [4.69, 9.17) is 9.47 Å². The number of hydrogen-bond acceptors (Lipinski definition) is 6. The Morgan fingerprint density at radius 3 is 2.47 bits per heavy atom. The van der Waals surface area contributed by atoms with Gasteiger partial charge in [-0.25, -0.2) is 4.79 Å². The predicted octanol–water partition coefficient (Wildman–Crippen LogP) is 2.68. The molecule has 0 unspecified atom stereocenters. The lowest BCUT2D eigenvalue weighted by Crippen LogP contribution is -2.51. The van der Waals surface area contributed by atoms with Gasteiger partial charge in [-0.15, -0.1) is 0 Å². The van der Waals surface area contributed by atoms with Crippen LogP contribution in [0.25, 0.3) is 6.08 Å². The third-order valence-electron chi connectivity index (χ3n) is 4.73. The fourth-order valence-corrected chi connectivity index (χ4v) is 3.73. The van der Waals surface area contributed by atoms with Gasteiger partial charge < -0.3 is 14.8 Å². The highest BCUT2D eigenvalue weighted by molar-refractivity contribution is 14.1. The first-order valence-electron chi connectivity index (χ1n) is 9.44. The van der Waals surface area contributed by atoms with Crippen LogP contribution in [0.2, 0.25) is 0 Å². The van der Waals surface area contributed by atoms with Crippen molar-refractivity contribution in [3.05, 3.63) is 56.2 Å². The SMILES string of the molecule is COc1cc(C=C2C(=O)NC(=O)NC2=O)cc(I)c1OCC(=O)Nc1cccc(C)c1C. The van der Waals surface area contributed by atoms with Crippen LogP contribution in [-0.2, 0) is 14.4 Å². The molecular weight excluding hydrogens is 529 g/mol. The lowest BCUT2D eigenvalue weighted by atomic mass is 10.1. The zero-order valence-corrected chi connectivity index (χ0v) is 19.7. The molecular formula is C22H20IN3O6. The van der Waals surface area contributed by atoms with E-state index < -0.39 is 17.8 Å². The van der Waals surface area contributed by atoms with E-state index in [0.29, 0.717) is 26.3 Å². The molecule has 32 heavy (non-hydrogen) atoms. The average Bonchev–Trinajstić information content (AvgIpc) is 2.72. The van der Waals surface area contributed by atoms with Crippen molar-refractivity contribution in [1.29, 1.82) is 0 Å². The summed E-state index contributed by atoms with van der Waals surface area (Å²) in [4.78, 5) is 47.5. The van der Waals surface area contributed by atoms with Crippen molar-refractivity contribution in [2.45, 2.75) is 13.8 Å². The van der Waals surface area contributed by atoms with E-state index in [0.717, 1.165) is 11.1 Å². The van der Waals surface area contributed by atoms with Gasteiger partial charge >= 0.3 is 6.03 Å². The normalized spacial score (nSPS) is 13.2. The Bertz CT molecular complexity index is 1140. The largest absolute Gasteiger partial charge is 0.493 e. The number of urea groups is 1. The molecule has 0 saturated carbocycles. The van der Waals surface area contributed by atoms with Gasteiger partial charge in [0.05, 0.1) is 10.7 Å². The highest BCUT2D eigenvalue weighted by atomic mass is 127. The first-order chi connectivity index (χ1) is 15.2. The molecule has 166 valence electrons. The molecule has 0 bridgehead atoms. The minimum Gasteiger partial charge on any atom is -0.493 e. The number of carbonyl (C=O) groups excluding carboxylic acids is 4. The van der Waals surface area contributed by atoms with Crippen molar-refractivity contribution in [2.24, 2.45) is 0 Å². The topological polar surface area (TPSA) is 123 Å². The van der Waals surface area contributed by atoms with E-state index in [1.165, 1.54) is 13.2 Å². The molecule has 0 spiro atoms. The summed E-state index contributed by atoms with van der Waals surface area (Å²) in [6, 6.07) is 7.99. The third kappa shape index (κ3) is 5.25. The van der Waals surface area contributed by atoms with Crippen molar-refractivity contribution in [3.8, 4) is 11.5 Å². The molecule has 0 aromatic heterocycles. The van der Waals surface area contributed by atoms with E-state index in [-0.39, 0.29) is 18.1 Å². The molecule has 0 aliphatic carbocycles. The van der Waals surface area contributed by atoms with Crippen molar-refractivity contribution in [3.63, 3.8) is 0 Å². The molecule has 2 aromatic rings. The first kappa shape index (κ1) is 23.3. The van der Waals surface area contributed by atoms with Crippen LogP contribution in [0.1, 0.15) is 16.7 Å². The van der Waals surface area contributed by atoms with Gasteiger partial charge in [0.25, 0.3) is 17.7 Å². The molecule has 9 nitrogen and oxygen atoms in total. The van der Waals surface area contributed by atoms with Gasteiger partial charge in [0, 0.05) is 5.69 Å². The number of benzene rings is 2. The van der Waals surface area contributed by atoms with Gasteiger partial charge in [0.2, 0.25) is 0 Å². The second kappa shape index (κ2) is 9.81. The van der Waals surface area contributed by atoms with Gasteiger partial charge in [-0.1, -0.05) is 12.1 Å². The zero-order chi connectivity index (χ0) is 23.4. The summed E-state index contributed by atoms with van der Waals surface area (Å²) in [5, 5.41) is 6.85. The number of amides is 5. The van der Waals surface area contributed by atoms with Crippen LogP contribution in [0, 0.1) is 17.4 Å². The second-order valence-electron chi connectivity index (χ2n) is 6.91. The summed E-state index contributed by atoms with van der Waals surface area (Å²) >= 11 is 2.00. The number of aryl methyl sites for hydroxylation is 1. The molecule has 1 heterocycles. The van der Waals surface area contributed by atoms with Crippen molar-refractivity contribution < 1.29 is 28.7 Å². The number of nitrogens with one attached hydrogen (secondary N) is 3. The number of anilines is 1. The van der Waals surface area contributed by atoms with Crippen molar-refractivity contribution >= 4 is 58.1 Å². The Balaban J connectivity index is 1.77. The summed E-state index contributed by atoms with van der Waals surface area (Å²) in [5.74, 6) is -1.26. The quantitative estimate of drug-likeness (QED) is 0.290. The van der Waals surface area contributed by atoms with E-state index in [9.17, 15) is 19.2 Å². The summed E-state index contributed by atoms with van der Waals surface area (Å²) in [7, 11) is 1.43. The standard InChI is InChI=1S/C22H20IN3O6/c1-11-5-4-6-16(12(11)2)24-18(27)10-32-19-15(23)8-13(9-17(19)31-3)7-14-20(28)25-22(30)26-21(14)29/h4-9H,10H2,1-3H3,(H,24,27)(H2,25,26,28,29,30). The van der Waals surface area contributed by atoms with Crippen LogP contribution >= 0.6 is 22.6 Å². The number of halogens is 1. The van der Waals surface area contributed by atoms with Crippen molar-refractivity contribution in [1.82, 2.24) is 10.6 Å². The zero-order valence-electron chi connectivity index (χ0n) is 17.5. The van der Waals surface area contributed by atoms with Crippen molar-refractivity contribution in [2.75, 3.05) is 19.0 Å². The minimum atomic E-state index is -0.868. The number of methoxy groups -OCH3 is 1. The number of ether oxygens (including phenoxy) is 2. The maximum Gasteiger partial charge on any atom is 0.328 e. The smallest absolute Gasteiger partial charge is 0.328 e. The van der Waals surface area contributed by atoms with Gasteiger partial charge in [0.1, 0.15) is 5.57 Å². The molecule has 1 aliphatic rings. The second-order valence-corrected chi connectivity index (χ2v) is 8.08. The molecule has 0 radical (unpaired) electrons. The Labute approximate surface area is 197 Å². The van der Waals surface area contributed by atoms with Crippen LogP contribution in [0.3, 0.4) is 0 Å². The maximum absolute atomic E-state index is 12.4. The van der Waals surface area contributed by atoms with E-state index in [1.807, 2.05) is 65.3 Å². The maximum atomic E-state index is 12.4. The number of barbiturate groups is 1. The molecule has 2 aromatic carbocycles. The third-order valence-corrected chi connectivity index (χ3v) is 5.53. The molecule has 5 amide bonds. The average molecular weight is 549 g/mol. The number of rotatable bonds is 6. The van der Waals surface area contributed by atoms with E-state index in [2.05, 4.69) is 5.32 Å². The number of imide groups is 2.